The summed E-state index contributed by atoms with van der Waals surface area (Å²) in [5.41, 5.74) is 9.20. The van der Waals surface area contributed by atoms with Gasteiger partial charge in [0.1, 0.15) is 5.66 Å². The number of nitrogens with one attached hydrogen (secondary N) is 2. The highest BCUT2D eigenvalue weighted by molar-refractivity contribution is 5.68. The molecule has 0 spiro atoms. The summed E-state index contributed by atoms with van der Waals surface area (Å²) < 4.78 is 11.2. The van der Waals surface area contributed by atoms with Crippen molar-refractivity contribution < 1.29 is 9.47 Å². The van der Waals surface area contributed by atoms with Gasteiger partial charge in [-0.2, -0.15) is 0 Å². The van der Waals surface area contributed by atoms with Crippen LogP contribution in [0.2, 0.25) is 0 Å². The highest BCUT2D eigenvalue weighted by Crippen LogP contribution is 2.42. The van der Waals surface area contributed by atoms with Crippen LogP contribution < -0.4 is 16.4 Å². The van der Waals surface area contributed by atoms with Crippen LogP contribution in [0.25, 0.3) is 5.70 Å². The topological polar surface area (TPSA) is 81.4 Å². The van der Waals surface area contributed by atoms with Crippen molar-refractivity contribution in [1.82, 2.24) is 15.6 Å². The molecule has 3 aliphatic heterocycles. The van der Waals surface area contributed by atoms with E-state index < -0.39 is 5.66 Å². The summed E-state index contributed by atoms with van der Waals surface area (Å²) in [6.45, 7) is 5.10. The first-order chi connectivity index (χ1) is 12.1. The highest BCUT2D eigenvalue weighted by Gasteiger charge is 2.52. The third-order valence-corrected chi connectivity index (χ3v) is 5.62. The number of nitrogens with zero attached hydrogens (tertiary/aromatic N) is 1. The van der Waals surface area contributed by atoms with Gasteiger partial charge in [-0.1, -0.05) is 6.92 Å². The standard InChI is InChI=1S/C19H26N4O2/c1-18(7-11-25-13-18)19(20)17(22-15-6-10-24-12-15)3-2-16(23-19)14-4-8-21-9-5-14/h2-5,8-9,15,22-23H,6-7,10-13,20H2,1H3. The van der Waals surface area contributed by atoms with Crippen molar-refractivity contribution in [2.24, 2.45) is 11.1 Å². The van der Waals surface area contributed by atoms with E-state index in [0.717, 1.165) is 49.6 Å². The zero-order chi connectivity index (χ0) is 17.3. The van der Waals surface area contributed by atoms with Crippen molar-refractivity contribution in [3.8, 4) is 0 Å². The zero-order valence-corrected chi connectivity index (χ0v) is 14.6. The molecule has 4 N–H and O–H groups in total. The Hall–Kier alpha value is -1.89. The number of ether oxygens (including phenoxy) is 2. The van der Waals surface area contributed by atoms with Crippen molar-refractivity contribution >= 4 is 5.70 Å². The summed E-state index contributed by atoms with van der Waals surface area (Å²) >= 11 is 0. The van der Waals surface area contributed by atoms with Crippen LogP contribution in [0.4, 0.5) is 0 Å². The number of aromatic nitrogens is 1. The van der Waals surface area contributed by atoms with E-state index in [2.05, 4.69) is 34.7 Å². The Morgan fingerprint density at radius 1 is 1.24 bits per heavy atom. The first kappa shape index (κ1) is 16.6. The number of hydrogen-bond acceptors (Lipinski definition) is 6. The van der Waals surface area contributed by atoms with Gasteiger partial charge in [0.2, 0.25) is 0 Å². The van der Waals surface area contributed by atoms with Crippen LogP contribution in [0.15, 0.2) is 42.4 Å². The maximum atomic E-state index is 7.03. The minimum Gasteiger partial charge on any atom is -0.381 e. The van der Waals surface area contributed by atoms with Crippen LogP contribution in [0.1, 0.15) is 25.3 Å². The van der Waals surface area contributed by atoms with Gasteiger partial charge < -0.3 is 25.8 Å². The molecule has 0 radical (unpaired) electrons. The molecule has 2 saturated heterocycles. The van der Waals surface area contributed by atoms with E-state index in [4.69, 9.17) is 15.2 Å². The molecule has 134 valence electrons. The first-order valence-electron chi connectivity index (χ1n) is 8.93. The number of nitrogens with two attached hydrogens (primary N) is 1. The van der Waals surface area contributed by atoms with Crippen molar-refractivity contribution in [3.63, 3.8) is 0 Å². The largest absolute Gasteiger partial charge is 0.381 e. The maximum Gasteiger partial charge on any atom is 0.135 e. The fourth-order valence-electron chi connectivity index (χ4n) is 3.80. The fraction of sp³-hybridized carbons (Fsp3) is 0.526. The molecule has 2 fully saturated rings. The molecule has 0 bridgehead atoms. The van der Waals surface area contributed by atoms with E-state index in [9.17, 15) is 0 Å². The van der Waals surface area contributed by atoms with Gasteiger partial charge >= 0.3 is 0 Å². The molecule has 3 unspecified atom stereocenters. The number of dihydropyridines is 1. The number of hydrogen-bond donors (Lipinski definition) is 3. The summed E-state index contributed by atoms with van der Waals surface area (Å²) in [6.07, 6.45) is 9.70. The van der Waals surface area contributed by atoms with Crippen molar-refractivity contribution in [1.29, 1.82) is 0 Å². The summed E-state index contributed by atoms with van der Waals surface area (Å²) in [4.78, 5) is 4.10. The van der Waals surface area contributed by atoms with E-state index in [1.165, 1.54) is 0 Å². The van der Waals surface area contributed by atoms with E-state index >= 15 is 0 Å². The Morgan fingerprint density at radius 2 is 2.08 bits per heavy atom. The van der Waals surface area contributed by atoms with Crippen LogP contribution in [-0.2, 0) is 9.47 Å². The third kappa shape index (κ3) is 2.94. The van der Waals surface area contributed by atoms with Crippen LogP contribution in [0.3, 0.4) is 0 Å². The molecule has 0 aliphatic carbocycles. The second-order valence-corrected chi connectivity index (χ2v) is 7.40. The molecule has 4 heterocycles. The van der Waals surface area contributed by atoms with Gasteiger partial charge in [0.25, 0.3) is 0 Å². The lowest BCUT2D eigenvalue weighted by Gasteiger charge is -2.48. The molecule has 6 heteroatoms. The minimum absolute atomic E-state index is 0.197. The number of allylic oxidation sites excluding steroid dienone is 2. The average molecular weight is 342 g/mol. The molecule has 0 saturated carbocycles. The maximum absolute atomic E-state index is 7.03. The second-order valence-electron chi connectivity index (χ2n) is 7.40. The van der Waals surface area contributed by atoms with E-state index in [1.54, 1.807) is 12.4 Å². The SMILES string of the molecule is CC1(C2(N)NC(c3ccncc3)=CC=C2NC2CCOC2)CCOC1. The lowest BCUT2D eigenvalue weighted by molar-refractivity contribution is 0.101. The zero-order valence-electron chi connectivity index (χ0n) is 14.6. The lowest BCUT2D eigenvalue weighted by atomic mass is 9.73. The highest BCUT2D eigenvalue weighted by atomic mass is 16.5. The second kappa shape index (κ2) is 6.44. The van der Waals surface area contributed by atoms with Gasteiger partial charge in [-0.05, 0) is 37.1 Å². The van der Waals surface area contributed by atoms with Gasteiger partial charge in [0.15, 0.2) is 0 Å². The van der Waals surface area contributed by atoms with E-state index in [0.29, 0.717) is 12.6 Å². The van der Waals surface area contributed by atoms with Gasteiger partial charge in [0, 0.05) is 42.3 Å². The molecular formula is C19H26N4O2. The smallest absolute Gasteiger partial charge is 0.135 e. The summed E-state index contributed by atoms with van der Waals surface area (Å²) in [7, 11) is 0. The Labute approximate surface area is 148 Å². The molecule has 0 aromatic carbocycles. The number of rotatable bonds is 4. The molecule has 4 rings (SSSR count). The monoisotopic (exact) mass is 342 g/mol. The predicted molar refractivity (Wildman–Crippen MR) is 96.3 cm³/mol. The minimum atomic E-state index is -0.723. The van der Waals surface area contributed by atoms with Crippen LogP contribution in [0, 0.1) is 5.41 Å². The van der Waals surface area contributed by atoms with E-state index in [1.807, 2.05) is 12.1 Å². The number of pyridine rings is 1. The molecule has 1 aromatic heterocycles. The van der Waals surface area contributed by atoms with Crippen LogP contribution in [-0.4, -0.2) is 43.1 Å². The molecule has 3 aliphatic rings. The van der Waals surface area contributed by atoms with Gasteiger partial charge in [0.05, 0.1) is 25.0 Å². The molecule has 1 aromatic rings. The molecule has 3 atom stereocenters. The Kier molecular flexibility index (Phi) is 4.27. The summed E-state index contributed by atoms with van der Waals surface area (Å²) in [5.74, 6) is 0. The molecular weight excluding hydrogens is 316 g/mol. The van der Waals surface area contributed by atoms with Crippen LogP contribution in [0.5, 0.6) is 0 Å². The molecule has 6 nitrogen and oxygen atoms in total. The Morgan fingerprint density at radius 3 is 2.76 bits per heavy atom. The quantitative estimate of drug-likeness (QED) is 0.767. The molecule has 0 amide bonds. The van der Waals surface area contributed by atoms with Gasteiger partial charge in [-0.25, -0.2) is 0 Å². The van der Waals surface area contributed by atoms with Gasteiger partial charge in [-0.15, -0.1) is 0 Å². The summed E-state index contributed by atoms with van der Waals surface area (Å²) in [6, 6.07) is 4.28. The van der Waals surface area contributed by atoms with Crippen molar-refractivity contribution in [2.45, 2.75) is 31.5 Å². The normalized spacial score (nSPS) is 35.0. The predicted octanol–water partition coefficient (Wildman–Crippen LogP) is 1.37. The van der Waals surface area contributed by atoms with Crippen molar-refractivity contribution in [3.05, 3.63) is 47.9 Å². The summed E-state index contributed by atoms with van der Waals surface area (Å²) in [5, 5.41) is 7.23. The third-order valence-electron chi connectivity index (χ3n) is 5.62. The Bertz CT molecular complexity index is 676. The van der Waals surface area contributed by atoms with Crippen LogP contribution >= 0.6 is 0 Å². The first-order valence-corrected chi connectivity index (χ1v) is 8.93. The molecule has 25 heavy (non-hydrogen) atoms. The average Bonchev–Trinajstić information content (AvgIpc) is 3.30. The Balaban J connectivity index is 1.69. The van der Waals surface area contributed by atoms with E-state index in [-0.39, 0.29) is 5.41 Å². The fourth-order valence-corrected chi connectivity index (χ4v) is 3.80. The van der Waals surface area contributed by atoms with Crippen molar-refractivity contribution in [2.75, 3.05) is 26.4 Å². The van der Waals surface area contributed by atoms with Gasteiger partial charge in [-0.3, -0.25) is 4.98 Å². The lowest BCUT2D eigenvalue weighted by Crippen LogP contribution is -2.68.